The van der Waals surface area contributed by atoms with Gasteiger partial charge < -0.3 is 11.1 Å². The molecule has 0 radical (unpaired) electrons. The van der Waals surface area contributed by atoms with Crippen molar-refractivity contribution in [3.63, 3.8) is 0 Å². The molecule has 1 fully saturated rings. The van der Waals surface area contributed by atoms with Gasteiger partial charge in [0, 0.05) is 17.8 Å². The maximum absolute atomic E-state index is 12.6. The molecule has 0 atom stereocenters. The Morgan fingerprint density at radius 1 is 1.33 bits per heavy atom. The number of nitrogens with one attached hydrogen (secondary N) is 1. The molecule has 1 amide bonds. The molecule has 0 saturated heterocycles. The maximum Gasteiger partial charge on any atom is 0.255 e. The summed E-state index contributed by atoms with van der Waals surface area (Å²) < 4.78 is 1.70. The summed E-state index contributed by atoms with van der Waals surface area (Å²) in [5.74, 6) is -0.102. The summed E-state index contributed by atoms with van der Waals surface area (Å²) in [6.45, 7) is 2.31. The van der Waals surface area contributed by atoms with Crippen LogP contribution in [0.4, 0.5) is 0 Å². The lowest BCUT2D eigenvalue weighted by molar-refractivity contribution is 0.0902. The molecular weight excluding hydrogens is 347 g/mol. The number of benzene rings is 1. The predicted octanol–water partition coefficient (Wildman–Crippen LogP) is 3.26. The summed E-state index contributed by atoms with van der Waals surface area (Å²) in [7, 11) is 0. The van der Waals surface area contributed by atoms with E-state index in [0.29, 0.717) is 22.8 Å². The van der Waals surface area contributed by atoms with Gasteiger partial charge in [0.15, 0.2) is 0 Å². The number of hydrogen-bond acceptors (Lipinski definition) is 3. The van der Waals surface area contributed by atoms with Gasteiger partial charge in [0.2, 0.25) is 0 Å². The first-order valence-electron chi connectivity index (χ1n) is 7.88. The number of aromatic nitrogens is 2. The Labute approximate surface area is 153 Å². The van der Waals surface area contributed by atoms with Gasteiger partial charge in [0.25, 0.3) is 5.91 Å². The lowest BCUT2D eigenvalue weighted by Crippen LogP contribution is -2.51. The van der Waals surface area contributed by atoms with Crippen LogP contribution in [0.5, 0.6) is 0 Å². The molecule has 5 nitrogen and oxygen atoms in total. The Morgan fingerprint density at radius 2 is 1.96 bits per heavy atom. The molecule has 7 heteroatoms. The van der Waals surface area contributed by atoms with E-state index in [2.05, 4.69) is 10.4 Å². The summed E-state index contributed by atoms with van der Waals surface area (Å²) in [6, 6.07) is 7.34. The van der Waals surface area contributed by atoms with Gasteiger partial charge in [-0.1, -0.05) is 24.4 Å². The molecule has 0 bridgehead atoms. The number of amides is 1. The van der Waals surface area contributed by atoms with E-state index in [4.69, 9.17) is 17.3 Å². The zero-order valence-electron chi connectivity index (χ0n) is 13.6. The molecule has 3 N–H and O–H groups in total. The van der Waals surface area contributed by atoms with Crippen molar-refractivity contribution in [1.82, 2.24) is 15.1 Å². The molecule has 1 saturated carbocycles. The van der Waals surface area contributed by atoms with Crippen molar-refractivity contribution in [2.75, 3.05) is 6.54 Å². The highest BCUT2D eigenvalue weighted by molar-refractivity contribution is 6.30. The van der Waals surface area contributed by atoms with Crippen LogP contribution in [0.2, 0.25) is 5.02 Å². The van der Waals surface area contributed by atoms with Gasteiger partial charge in [0.05, 0.1) is 22.5 Å². The molecule has 3 rings (SSSR count). The number of aryl methyl sites for hydroxylation is 1. The smallest absolute Gasteiger partial charge is 0.255 e. The fourth-order valence-corrected chi connectivity index (χ4v) is 3.28. The van der Waals surface area contributed by atoms with E-state index in [1.54, 1.807) is 23.0 Å². The number of nitrogens with zero attached hydrogens (tertiary/aromatic N) is 2. The SMILES string of the molecule is Cc1nn(-c2ccc(Cl)cc2)cc1C(=O)NC1(CN)CCCC1.Cl. The van der Waals surface area contributed by atoms with Crippen molar-refractivity contribution >= 4 is 29.9 Å². The highest BCUT2D eigenvalue weighted by Gasteiger charge is 2.34. The van der Waals surface area contributed by atoms with Gasteiger partial charge in [-0.05, 0) is 44.0 Å². The monoisotopic (exact) mass is 368 g/mol. The van der Waals surface area contributed by atoms with Gasteiger partial charge in [-0.3, -0.25) is 4.79 Å². The van der Waals surface area contributed by atoms with E-state index < -0.39 is 0 Å². The molecule has 2 aromatic rings. The molecule has 1 aromatic heterocycles. The van der Waals surface area contributed by atoms with Crippen LogP contribution >= 0.6 is 24.0 Å². The second-order valence-corrected chi connectivity index (χ2v) is 6.63. The molecule has 24 heavy (non-hydrogen) atoms. The van der Waals surface area contributed by atoms with Gasteiger partial charge >= 0.3 is 0 Å². The number of rotatable bonds is 4. The molecular formula is C17H22Cl2N4O. The third-order valence-electron chi connectivity index (χ3n) is 4.56. The van der Waals surface area contributed by atoms with Gasteiger partial charge in [-0.25, -0.2) is 4.68 Å². The number of carbonyl (C=O) groups is 1. The van der Waals surface area contributed by atoms with E-state index in [1.807, 2.05) is 19.1 Å². The third-order valence-corrected chi connectivity index (χ3v) is 4.82. The van der Waals surface area contributed by atoms with E-state index in [0.717, 1.165) is 31.4 Å². The molecule has 1 aliphatic rings. The maximum atomic E-state index is 12.6. The predicted molar refractivity (Wildman–Crippen MR) is 98.3 cm³/mol. The fourth-order valence-electron chi connectivity index (χ4n) is 3.15. The van der Waals surface area contributed by atoms with Crippen LogP contribution in [0.1, 0.15) is 41.7 Å². The fraction of sp³-hybridized carbons (Fsp3) is 0.412. The van der Waals surface area contributed by atoms with Crippen LogP contribution in [-0.4, -0.2) is 27.8 Å². The summed E-state index contributed by atoms with van der Waals surface area (Å²) in [5.41, 5.74) is 7.78. The first kappa shape index (κ1) is 18.8. The van der Waals surface area contributed by atoms with Crippen molar-refractivity contribution in [3.8, 4) is 5.69 Å². The van der Waals surface area contributed by atoms with E-state index in [1.165, 1.54) is 0 Å². The topological polar surface area (TPSA) is 72.9 Å². The molecule has 0 unspecified atom stereocenters. The number of carbonyl (C=O) groups excluding carboxylic acids is 1. The van der Waals surface area contributed by atoms with E-state index in [9.17, 15) is 4.79 Å². The Morgan fingerprint density at radius 3 is 2.54 bits per heavy atom. The lowest BCUT2D eigenvalue weighted by Gasteiger charge is -2.28. The Balaban J connectivity index is 0.00000208. The first-order valence-corrected chi connectivity index (χ1v) is 8.26. The normalized spacial score (nSPS) is 15.8. The highest BCUT2D eigenvalue weighted by Crippen LogP contribution is 2.29. The molecule has 0 spiro atoms. The second-order valence-electron chi connectivity index (χ2n) is 6.19. The molecule has 130 valence electrons. The van der Waals surface area contributed by atoms with Crippen molar-refractivity contribution in [1.29, 1.82) is 0 Å². The Hall–Kier alpha value is -1.56. The number of nitrogens with two attached hydrogens (primary N) is 1. The van der Waals surface area contributed by atoms with Gasteiger partial charge in [-0.2, -0.15) is 5.10 Å². The Bertz CT molecular complexity index is 706. The lowest BCUT2D eigenvalue weighted by atomic mass is 9.97. The number of halogens is 2. The zero-order chi connectivity index (χ0) is 16.4. The quantitative estimate of drug-likeness (QED) is 0.869. The van der Waals surface area contributed by atoms with Crippen LogP contribution in [0.15, 0.2) is 30.5 Å². The van der Waals surface area contributed by atoms with Crippen LogP contribution in [-0.2, 0) is 0 Å². The van der Waals surface area contributed by atoms with Crippen LogP contribution < -0.4 is 11.1 Å². The minimum atomic E-state index is -0.258. The van der Waals surface area contributed by atoms with Crippen molar-refractivity contribution < 1.29 is 4.79 Å². The van der Waals surface area contributed by atoms with Crippen molar-refractivity contribution in [3.05, 3.63) is 46.7 Å². The highest BCUT2D eigenvalue weighted by atomic mass is 35.5. The van der Waals surface area contributed by atoms with E-state index >= 15 is 0 Å². The summed E-state index contributed by atoms with van der Waals surface area (Å²) in [5, 5.41) is 8.24. The third kappa shape index (κ3) is 3.74. The molecule has 1 heterocycles. The Kier molecular flexibility index (Phi) is 5.91. The molecule has 0 aliphatic heterocycles. The van der Waals surface area contributed by atoms with Crippen LogP contribution in [0, 0.1) is 6.92 Å². The van der Waals surface area contributed by atoms with Gasteiger partial charge in [0.1, 0.15) is 0 Å². The van der Waals surface area contributed by atoms with Crippen LogP contribution in [0.3, 0.4) is 0 Å². The summed E-state index contributed by atoms with van der Waals surface area (Å²) >= 11 is 5.91. The van der Waals surface area contributed by atoms with Gasteiger partial charge in [-0.15, -0.1) is 12.4 Å². The minimum absolute atomic E-state index is 0. The minimum Gasteiger partial charge on any atom is -0.345 e. The summed E-state index contributed by atoms with van der Waals surface area (Å²) in [6.07, 6.45) is 5.87. The average Bonchev–Trinajstić information content (AvgIpc) is 3.15. The molecule has 1 aromatic carbocycles. The number of hydrogen-bond donors (Lipinski definition) is 2. The largest absolute Gasteiger partial charge is 0.345 e. The summed E-state index contributed by atoms with van der Waals surface area (Å²) in [4.78, 5) is 12.6. The van der Waals surface area contributed by atoms with E-state index in [-0.39, 0.29) is 23.9 Å². The van der Waals surface area contributed by atoms with Crippen LogP contribution in [0.25, 0.3) is 5.69 Å². The zero-order valence-corrected chi connectivity index (χ0v) is 15.2. The standard InChI is InChI=1S/C17H21ClN4O.ClH/c1-12-15(16(23)20-17(11-19)8-2-3-9-17)10-22(21-12)14-6-4-13(18)5-7-14;/h4-7,10H,2-3,8-9,11,19H2,1H3,(H,20,23);1H. The van der Waals surface area contributed by atoms with Crippen molar-refractivity contribution in [2.45, 2.75) is 38.1 Å². The van der Waals surface area contributed by atoms with Crippen molar-refractivity contribution in [2.24, 2.45) is 5.73 Å². The first-order chi connectivity index (χ1) is 11.0. The second kappa shape index (κ2) is 7.55. The molecule has 1 aliphatic carbocycles. The average molecular weight is 369 g/mol.